The first-order valence-corrected chi connectivity index (χ1v) is 10.4. The van der Waals surface area contributed by atoms with E-state index in [4.69, 9.17) is 4.74 Å². The molecule has 1 N–H and O–H groups in total. The molecule has 0 saturated carbocycles. The van der Waals surface area contributed by atoms with Gasteiger partial charge in [-0.1, -0.05) is 30.3 Å². The molecular formula is C23H19FN2O3S. The number of nitrogens with one attached hydrogen (secondary N) is 1. The molecule has 1 aliphatic heterocycles. The highest BCUT2D eigenvalue weighted by atomic mass is 32.2. The quantitative estimate of drug-likeness (QED) is 0.638. The highest BCUT2D eigenvalue weighted by Gasteiger charge is 2.35. The van der Waals surface area contributed by atoms with E-state index in [9.17, 15) is 14.0 Å². The van der Waals surface area contributed by atoms with E-state index in [0.29, 0.717) is 17.0 Å². The van der Waals surface area contributed by atoms with E-state index in [-0.39, 0.29) is 28.6 Å². The summed E-state index contributed by atoms with van der Waals surface area (Å²) in [4.78, 5) is 26.6. The number of hydrogen-bond donors (Lipinski definition) is 1. The summed E-state index contributed by atoms with van der Waals surface area (Å²) in [6, 6.07) is 20.4. The van der Waals surface area contributed by atoms with E-state index in [1.165, 1.54) is 22.7 Å². The van der Waals surface area contributed by atoms with Crippen molar-refractivity contribution < 1.29 is 18.7 Å². The second-order valence-electron chi connectivity index (χ2n) is 6.69. The normalized spacial score (nSPS) is 15.9. The molecule has 1 heterocycles. The fourth-order valence-corrected chi connectivity index (χ4v) is 4.47. The Bertz CT molecular complexity index is 1110. The van der Waals surface area contributed by atoms with E-state index < -0.39 is 5.82 Å². The standard InChI is InChI=1S/C23H19FN2O3S/c1-29-18-9-5-6-15(13-18)22(28)25-17-8-4-7-16(12-17)23-26(21(27)14-30-23)20-11-3-2-10-19(20)24/h2-13,23H,14H2,1H3,(H,25,28)/t23-/m1/s1. The summed E-state index contributed by atoms with van der Waals surface area (Å²) in [7, 11) is 1.54. The Morgan fingerprint density at radius 1 is 1.10 bits per heavy atom. The summed E-state index contributed by atoms with van der Waals surface area (Å²) in [6.45, 7) is 0. The molecule has 0 radical (unpaired) electrons. The fourth-order valence-electron chi connectivity index (χ4n) is 3.32. The summed E-state index contributed by atoms with van der Waals surface area (Å²) in [5, 5.41) is 2.50. The molecule has 2 amide bonds. The molecule has 3 aromatic carbocycles. The van der Waals surface area contributed by atoms with Gasteiger partial charge in [-0.25, -0.2) is 4.39 Å². The Balaban J connectivity index is 1.59. The number of methoxy groups -OCH3 is 1. The van der Waals surface area contributed by atoms with Crippen LogP contribution in [0.3, 0.4) is 0 Å². The van der Waals surface area contributed by atoms with E-state index in [1.54, 1.807) is 61.7 Å². The van der Waals surface area contributed by atoms with Crippen LogP contribution in [-0.2, 0) is 4.79 Å². The summed E-state index contributed by atoms with van der Waals surface area (Å²) in [5.41, 5.74) is 2.12. The molecule has 0 aliphatic carbocycles. The van der Waals surface area contributed by atoms with Gasteiger partial charge in [0.05, 0.1) is 18.6 Å². The average molecular weight is 422 g/mol. The van der Waals surface area contributed by atoms with Crippen LogP contribution in [0.25, 0.3) is 0 Å². The van der Waals surface area contributed by atoms with Gasteiger partial charge in [0, 0.05) is 11.3 Å². The minimum absolute atomic E-state index is 0.152. The zero-order valence-electron chi connectivity index (χ0n) is 16.2. The van der Waals surface area contributed by atoms with Crippen molar-refractivity contribution in [2.24, 2.45) is 0 Å². The summed E-state index contributed by atoms with van der Waals surface area (Å²) >= 11 is 1.42. The van der Waals surface area contributed by atoms with Crippen LogP contribution in [0.1, 0.15) is 21.3 Å². The molecule has 7 heteroatoms. The van der Waals surface area contributed by atoms with Crippen LogP contribution in [0.2, 0.25) is 0 Å². The predicted octanol–water partition coefficient (Wildman–Crippen LogP) is 4.87. The van der Waals surface area contributed by atoms with Gasteiger partial charge in [0.1, 0.15) is 16.9 Å². The number of carbonyl (C=O) groups excluding carboxylic acids is 2. The van der Waals surface area contributed by atoms with Gasteiger partial charge in [0.25, 0.3) is 5.91 Å². The fraction of sp³-hybridized carbons (Fsp3) is 0.130. The first kappa shape index (κ1) is 20.0. The monoisotopic (exact) mass is 422 g/mol. The number of anilines is 2. The predicted molar refractivity (Wildman–Crippen MR) is 116 cm³/mol. The summed E-state index contributed by atoms with van der Waals surface area (Å²) < 4.78 is 19.5. The van der Waals surface area contributed by atoms with Gasteiger partial charge in [0.15, 0.2) is 0 Å². The third kappa shape index (κ3) is 4.02. The zero-order chi connectivity index (χ0) is 21.1. The van der Waals surface area contributed by atoms with Crippen LogP contribution >= 0.6 is 11.8 Å². The number of thioether (sulfide) groups is 1. The molecular weight excluding hydrogens is 403 g/mol. The van der Waals surface area contributed by atoms with Gasteiger partial charge in [-0.3, -0.25) is 14.5 Å². The van der Waals surface area contributed by atoms with E-state index in [0.717, 1.165) is 5.56 Å². The van der Waals surface area contributed by atoms with Crippen LogP contribution in [-0.4, -0.2) is 24.7 Å². The molecule has 0 aromatic heterocycles. The Kier molecular flexibility index (Phi) is 5.72. The molecule has 1 saturated heterocycles. The first-order chi connectivity index (χ1) is 14.6. The van der Waals surface area contributed by atoms with E-state index >= 15 is 0 Å². The lowest BCUT2D eigenvalue weighted by Crippen LogP contribution is -2.28. The van der Waals surface area contributed by atoms with Crippen molar-refractivity contribution in [1.29, 1.82) is 0 Å². The molecule has 4 rings (SSSR count). The molecule has 1 atom stereocenters. The van der Waals surface area contributed by atoms with Crippen molar-refractivity contribution in [1.82, 2.24) is 0 Å². The lowest BCUT2D eigenvalue weighted by atomic mass is 10.1. The van der Waals surface area contributed by atoms with E-state index in [1.807, 2.05) is 12.1 Å². The lowest BCUT2D eigenvalue weighted by Gasteiger charge is -2.25. The highest BCUT2D eigenvalue weighted by Crippen LogP contribution is 2.43. The van der Waals surface area contributed by atoms with Crippen LogP contribution in [0.4, 0.5) is 15.8 Å². The topological polar surface area (TPSA) is 58.6 Å². The van der Waals surface area contributed by atoms with Gasteiger partial charge in [0.2, 0.25) is 5.91 Å². The van der Waals surface area contributed by atoms with Gasteiger partial charge < -0.3 is 10.1 Å². The number of benzene rings is 3. The van der Waals surface area contributed by atoms with Crippen LogP contribution < -0.4 is 15.0 Å². The molecule has 1 aliphatic rings. The Hall–Kier alpha value is -3.32. The van der Waals surface area contributed by atoms with Crippen molar-refractivity contribution in [3.05, 3.63) is 89.7 Å². The molecule has 0 unspecified atom stereocenters. The average Bonchev–Trinajstić information content (AvgIpc) is 3.15. The summed E-state index contributed by atoms with van der Waals surface area (Å²) in [5.74, 6) is -0.00827. The van der Waals surface area contributed by atoms with Crippen molar-refractivity contribution >= 4 is 35.0 Å². The second-order valence-corrected chi connectivity index (χ2v) is 7.76. The Morgan fingerprint density at radius 3 is 2.70 bits per heavy atom. The van der Waals surface area contributed by atoms with Gasteiger partial charge in [-0.2, -0.15) is 0 Å². The van der Waals surface area contributed by atoms with Crippen LogP contribution in [0, 0.1) is 5.82 Å². The van der Waals surface area contributed by atoms with E-state index in [2.05, 4.69) is 5.32 Å². The van der Waals surface area contributed by atoms with Crippen molar-refractivity contribution in [2.45, 2.75) is 5.37 Å². The summed E-state index contributed by atoms with van der Waals surface area (Å²) in [6.07, 6.45) is 0. The number of rotatable bonds is 5. The van der Waals surface area contributed by atoms with Crippen molar-refractivity contribution in [3.8, 4) is 5.75 Å². The maximum atomic E-state index is 14.3. The smallest absolute Gasteiger partial charge is 0.255 e. The number of amides is 2. The SMILES string of the molecule is COc1cccc(C(=O)Nc2cccc([C@H]3SCC(=O)N3c3ccccc3F)c2)c1. The zero-order valence-corrected chi connectivity index (χ0v) is 17.0. The van der Waals surface area contributed by atoms with Crippen molar-refractivity contribution in [3.63, 3.8) is 0 Å². The molecule has 0 bridgehead atoms. The number of hydrogen-bond acceptors (Lipinski definition) is 4. The maximum absolute atomic E-state index is 14.3. The largest absolute Gasteiger partial charge is 0.497 e. The number of para-hydroxylation sites is 1. The molecule has 5 nitrogen and oxygen atoms in total. The van der Waals surface area contributed by atoms with Gasteiger partial charge in [-0.15, -0.1) is 11.8 Å². The van der Waals surface area contributed by atoms with Crippen LogP contribution in [0.5, 0.6) is 5.75 Å². The molecule has 30 heavy (non-hydrogen) atoms. The molecule has 1 fully saturated rings. The Labute approximate surface area is 177 Å². The molecule has 152 valence electrons. The lowest BCUT2D eigenvalue weighted by molar-refractivity contribution is -0.115. The second kappa shape index (κ2) is 8.59. The molecule has 3 aromatic rings. The minimum Gasteiger partial charge on any atom is -0.497 e. The highest BCUT2D eigenvalue weighted by molar-refractivity contribution is 8.00. The molecule has 0 spiro atoms. The third-order valence-electron chi connectivity index (χ3n) is 4.74. The van der Waals surface area contributed by atoms with Crippen LogP contribution in [0.15, 0.2) is 72.8 Å². The third-order valence-corrected chi connectivity index (χ3v) is 5.95. The van der Waals surface area contributed by atoms with Gasteiger partial charge in [-0.05, 0) is 48.0 Å². The van der Waals surface area contributed by atoms with Gasteiger partial charge >= 0.3 is 0 Å². The number of carbonyl (C=O) groups is 2. The van der Waals surface area contributed by atoms with Crippen molar-refractivity contribution in [2.75, 3.05) is 23.1 Å². The number of nitrogens with zero attached hydrogens (tertiary/aromatic N) is 1. The number of ether oxygens (including phenoxy) is 1. The minimum atomic E-state index is -0.444. The number of halogens is 1. The first-order valence-electron chi connectivity index (χ1n) is 9.30. The Morgan fingerprint density at radius 2 is 1.90 bits per heavy atom. The maximum Gasteiger partial charge on any atom is 0.255 e.